The fraction of sp³-hybridized carbons (Fsp3) is 0.167. The van der Waals surface area contributed by atoms with Gasteiger partial charge in [0, 0.05) is 6.08 Å². The summed E-state index contributed by atoms with van der Waals surface area (Å²) >= 11 is 0. The number of carboxylic acid groups (broad SMARTS) is 1. The third kappa shape index (κ3) is 3.41. The Kier molecular flexibility index (Phi) is 4.59. The van der Waals surface area contributed by atoms with Crippen molar-refractivity contribution in [2.75, 3.05) is 0 Å². The lowest BCUT2D eigenvalue weighted by atomic mass is 9.98. The molecular formula is C12H13NO5. The number of primary amides is 1. The van der Waals surface area contributed by atoms with Crippen molar-refractivity contribution in [3.05, 3.63) is 41.5 Å². The molecule has 2 unspecified atom stereocenters. The first-order valence-electron chi connectivity index (χ1n) is 5.09. The number of hydrogen-bond acceptors (Lipinski definition) is 4. The zero-order valence-electron chi connectivity index (χ0n) is 9.35. The smallest absolute Gasteiger partial charge is 0.328 e. The van der Waals surface area contributed by atoms with E-state index in [-0.39, 0.29) is 5.56 Å². The van der Waals surface area contributed by atoms with Gasteiger partial charge in [-0.3, -0.25) is 4.79 Å². The third-order valence-corrected chi connectivity index (χ3v) is 2.31. The molecule has 0 aliphatic rings. The zero-order valence-corrected chi connectivity index (χ0v) is 9.35. The molecule has 6 heteroatoms. The van der Waals surface area contributed by atoms with E-state index < -0.39 is 24.1 Å². The van der Waals surface area contributed by atoms with Crippen LogP contribution in [0.2, 0.25) is 0 Å². The highest BCUT2D eigenvalue weighted by atomic mass is 16.4. The minimum absolute atomic E-state index is 0.223. The number of aliphatic hydroxyl groups is 2. The Morgan fingerprint density at radius 3 is 2.39 bits per heavy atom. The molecule has 1 rings (SSSR count). The van der Waals surface area contributed by atoms with Gasteiger partial charge in [0.1, 0.15) is 6.10 Å². The number of carbonyl (C=O) groups is 2. The molecule has 2 atom stereocenters. The maximum Gasteiger partial charge on any atom is 0.328 e. The predicted octanol–water partition coefficient (Wildman–Crippen LogP) is -0.336. The van der Waals surface area contributed by atoms with Gasteiger partial charge in [0.25, 0.3) is 0 Å². The lowest BCUT2D eigenvalue weighted by molar-refractivity contribution is -0.132. The SMILES string of the molecule is NC(=O)C(O)C(O)c1ccccc1/C=C/C(=O)O. The van der Waals surface area contributed by atoms with Crippen molar-refractivity contribution < 1.29 is 24.9 Å². The standard InChI is InChI=1S/C12H13NO5/c13-12(18)11(17)10(16)8-4-2-1-3-7(8)5-6-9(14)15/h1-6,10-11,16-17H,(H2,13,18)(H,14,15)/b6-5+. The molecule has 0 aliphatic heterocycles. The van der Waals surface area contributed by atoms with Crippen molar-refractivity contribution in [3.63, 3.8) is 0 Å². The minimum Gasteiger partial charge on any atom is -0.478 e. The lowest BCUT2D eigenvalue weighted by Crippen LogP contribution is -2.34. The Labute approximate surface area is 103 Å². The predicted molar refractivity (Wildman–Crippen MR) is 63.3 cm³/mol. The number of rotatable bonds is 5. The summed E-state index contributed by atoms with van der Waals surface area (Å²) in [7, 11) is 0. The van der Waals surface area contributed by atoms with Crippen LogP contribution < -0.4 is 5.73 Å². The van der Waals surface area contributed by atoms with Gasteiger partial charge >= 0.3 is 5.97 Å². The normalized spacial score (nSPS) is 14.3. The van der Waals surface area contributed by atoms with Crippen LogP contribution in [0.3, 0.4) is 0 Å². The van der Waals surface area contributed by atoms with Crippen molar-refractivity contribution in [1.82, 2.24) is 0 Å². The van der Waals surface area contributed by atoms with E-state index in [0.29, 0.717) is 5.56 Å². The van der Waals surface area contributed by atoms with Crippen molar-refractivity contribution in [3.8, 4) is 0 Å². The number of carboxylic acids is 1. The number of aliphatic hydroxyl groups excluding tert-OH is 2. The molecule has 1 aromatic rings. The van der Waals surface area contributed by atoms with E-state index in [2.05, 4.69) is 0 Å². The molecule has 0 spiro atoms. The summed E-state index contributed by atoms with van der Waals surface area (Å²) < 4.78 is 0. The molecule has 0 aliphatic carbocycles. The molecule has 0 bridgehead atoms. The second-order valence-electron chi connectivity index (χ2n) is 3.59. The molecule has 1 amide bonds. The zero-order chi connectivity index (χ0) is 13.7. The van der Waals surface area contributed by atoms with Crippen LogP contribution in [-0.2, 0) is 9.59 Å². The number of amides is 1. The molecule has 0 saturated heterocycles. The van der Waals surface area contributed by atoms with Gasteiger partial charge in [-0.2, -0.15) is 0 Å². The molecule has 96 valence electrons. The molecule has 0 saturated carbocycles. The maximum absolute atomic E-state index is 10.8. The summed E-state index contributed by atoms with van der Waals surface area (Å²) in [6.07, 6.45) is -1.10. The first-order chi connectivity index (χ1) is 8.43. The quantitative estimate of drug-likeness (QED) is 0.534. The van der Waals surface area contributed by atoms with Crippen LogP contribution in [0, 0.1) is 0 Å². The van der Waals surface area contributed by atoms with Gasteiger partial charge in [0.05, 0.1) is 0 Å². The van der Waals surface area contributed by atoms with Gasteiger partial charge in [-0.25, -0.2) is 4.79 Å². The van der Waals surface area contributed by atoms with Crippen LogP contribution in [0.4, 0.5) is 0 Å². The average molecular weight is 251 g/mol. The summed E-state index contributed by atoms with van der Waals surface area (Å²) in [6, 6.07) is 6.24. The summed E-state index contributed by atoms with van der Waals surface area (Å²) in [6.45, 7) is 0. The highest BCUT2D eigenvalue weighted by molar-refractivity contribution is 5.86. The molecular weight excluding hydrogens is 238 g/mol. The van der Waals surface area contributed by atoms with Crippen LogP contribution in [0.5, 0.6) is 0 Å². The number of hydrogen-bond donors (Lipinski definition) is 4. The fourth-order valence-corrected chi connectivity index (χ4v) is 1.42. The summed E-state index contributed by atoms with van der Waals surface area (Å²) in [5.41, 5.74) is 5.49. The largest absolute Gasteiger partial charge is 0.478 e. The van der Waals surface area contributed by atoms with Crippen LogP contribution >= 0.6 is 0 Å². The van der Waals surface area contributed by atoms with E-state index in [9.17, 15) is 19.8 Å². The molecule has 0 radical (unpaired) electrons. The monoisotopic (exact) mass is 251 g/mol. The number of nitrogens with two attached hydrogens (primary N) is 1. The molecule has 18 heavy (non-hydrogen) atoms. The van der Waals surface area contributed by atoms with Gasteiger partial charge < -0.3 is 21.1 Å². The Balaban J connectivity index is 3.08. The first-order valence-corrected chi connectivity index (χ1v) is 5.09. The molecule has 0 heterocycles. The average Bonchev–Trinajstić information content (AvgIpc) is 2.34. The summed E-state index contributed by atoms with van der Waals surface area (Å²) in [5, 5.41) is 27.7. The Morgan fingerprint density at radius 2 is 1.83 bits per heavy atom. The van der Waals surface area contributed by atoms with Crippen LogP contribution in [0.25, 0.3) is 6.08 Å². The van der Waals surface area contributed by atoms with Crippen LogP contribution in [-0.4, -0.2) is 33.3 Å². The molecule has 0 fully saturated rings. The molecule has 6 nitrogen and oxygen atoms in total. The highest BCUT2D eigenvalue weighted by Gasteiger charge is 2.24. The fourth-order valence-electron chi connectivity index (χ4n) is 1.42. The second-order valence-corrected chi connectivity index (χ2v) is 3.59. The van der Waals surface area contributed by atoms with E-state index in [4.69, 9.17) is 10.8 Å². The molecule has 1 aromatic carbocycles. The summed E-state index contributed by atoms with van der Waals surface area (Å²) in [4.78, 5) is 21.2. The molecule has 0 aromatic heterocycles. The summed E-state index contributed by atoms with van der Waals surface area (Å²) in [5.74, 6) is -2.20. The van der Waals surface area contributed by atoms with Crippen molar-refractivity contribution >= 4 is 18.0 Å². The first kappa shape index (κ1) is 13.9. The Bertz CT molecular complexity index is 483. The van der Waals surface area contributed by atoms with Crippen LogP contribution in [0.1, 0.15) is 17.2 Å². The van der Waals surface area contributed by atoms with Gasteiger partial charge in [-0.15, -0.1) is 0 Å². The van der Waals surface area contributed by atoms with Gasteiger partial charge in [0.2, 0.25) is 5.91 Å². The number of aliphatic carboxylic acids is 1. The van der Waals surface area contributed by atoms with E-state index in [0.717, 1.165) is 6.08 Å². The van der Waals surface area contributed by atoms with E-state index in [1.54, 1.807) is 18.2 Å². The van der Waals surface area contributed by atoms with Crippen LogP contribution in [0.15, 0.2) is 30.3 Å². The topological polar surface area (TPSA) is 121 Å². The second kappa shape index (κ2) is 5.95. The van der Waals surface area contributed by atoms with Gasteiger partial charge in [0.15, 0.2) is 6.10 Å². The highest BCUT2D eigenvalue weighted by Crippen LogP contribution is 2.22. The van der Waals surface area contributed by atoms with Gasteiger partial charge in [-0.1, -0.05) is 24.3 Å². The van der Waals surface area contributed by atoms with Crippen molar-refractivity contribution in [1.29, 1.82) is 0 Å². The van der Waals surface area contributed by atoms with Crippen molar-refractivity contribution in [2.24, 2.45) is 5.73 Å². The number of benzene rings is 1. The Morgan fingerprint density at radius 1 is 1.22 bits per heavy atom. The molecule has 5 N–H and O–H groups in total. The van der Waals surface area contributed by atoms with Crippen molar-refractivity contribution in [2.45, 2.75) is 12.2 Å². The third-order valence-electron chi connectivity index (χ3n) is 2.31. The number of carbonyl (C=O) groups excluding carboxylic acids is 1. The van der Waals surface area contributed by atoms with E-state index in [1.165, 1.54) is 12.1 Å². The maximum atomic E-state index is 10.8. The lowest BCUT2D eigenvalue weighted by Gasteiger charge is -2.17. The van der Waals surface area contributed by atoms with E-state index in [1.807, 2.05) is 0 Å². The minimum atomic E-state index is -1.75. The van der Waals surface area contributed by atoms with E-state index >= 15 is 0 Å². The van der Waals surface area contributed by atoms with Gasteiger partial charge in [-0.05, 0) is 17.2 Å². The Hall–Kier alpha value is -2.18.